The molecule has 1 amide bonds. The van der Waals surface area contributed by atoms with Gasteiger partial charge in [0.2, 0.25) is 5.91 Å². The summed E-state index contributed by atoms with van der Waals surface area (Å²) < 4.78 is 0. The van der Waals surface area contributed by atoms with Crippen LogP contribution in [-0.2, 0) is 17.6 Å². The van der Waals surface area contributed by atoms with Crippen molar-refractivity contribution >= 4 is 11.6 Å². The number of fused-ring (bicyclic) bond motifs is 1. The Hall–Kier alpha value is -1.35. The molecule has 3 nitrogen and oxygen atoms in total. The summed E-state index contributed by atoms with van der Waals surface area (Å²) in [6.45, 7) is 4.69. The van der Waals surface area contributed by atoms with Gasteiger partial charge in [-0.05, 0) is 43.0 Å². The number of benzene rings is 1. The molecule has 0 bridgehead atoms. The largest absolute Gasteiger partial charge is 0.330 e. The van der Waals surface area contributed by atoms with E-state index in [1.807, 2.05) is 6.92 Å². The van der Waals surface area contributed by atoms with Gasteiger partial charge in [0.1, 0.15) is 0 Å². The summed E-state index contributed by atoms with van der Waals surface area (Å²) in [5.41, 5.74) is 10.2. The molecule has 86 valence electrons. The normalized spacial score (nSPS) is 18.4. The van der Waals surface area contributed by atoms with Crippen molar-refractivity contribution in [3.05, 3.63) is 28.8 Å². The van der Waals surface area contributed by atoms with Gasteiger partial charge in [-0.1, -0.05) is 19.1 Å². The van der Waals surface area contributed by atoms with Crippen LogP contribution in [0.1, 0.15) is 36.5 Å². The van der Waals surface area contributed by atoms with Crippen molar-refractivity contribution < 1.29 is 4.79 Å². The molecular formula is C13H18N2O. The van der Waals surface area contributed by atoms with E-state index in [4.69, 9.17) is 5.73 Å². The summed E-state index contributed by atoms with van der Waals surface area (Å²) in [7, 11) is 0. The van der Waals surface area contributed by atoms with Crippen LogP contribution in [0.4, 0.5) is 5.69 Å². The molecule has 0 fully saturated rings. The van der Waals surface area contributed by atoms with E-state index in [9.17, 15) is 4.79 Å². The minimum atomic E-state index is -0.0296. The van der Waals surface area contributed by atoms with Crippen LogP contribution < -0.4 is 11.1 Å². The highest BCUT2D eigenvalue weighted by Crippen LogP contribution is 2.36. The number of aryl methyl sites for hydroxylation is 1. The van der Waals surface area contributed by atoms with E-state index in [1.165, 1.54) is 11.1 Å². The average Bonchev–Trinajstić information content (AvgIpc) is 2.57. The van der Waals surface area contributed by atoms with E-state index in [0.29, 0.717) is 6.54 Å². The maximum Gasteiger partial charge on any atom is 0.231 e. The van der Waals surface area contributed by atoms with Gasteiger partial charge in [0.15, 0.2) is 0 Å². The fraction of sp³-hybridized carbons (Fsp3) is 0.462. The quantitative estimate of drug-likeness (QED) is 0.813. The molecule has 0 saturated heterocycles. The fourth-order valence-electron chi connectivity index (χ4n) is 2.22. The molecule has 0 spiro atoms. The Morgan fingerprint density at radius 3 is 2.81 bits per heavy atom. The summed E-state index contributed by atoms with van der Waals surface area (Å²) in [5.74, 6) is 0.0690. The molecule has 0 aliphatic carbocycles. The third-order valence-corrected chi connectivity index (χ3v) is 3.24. The Balaban J connectivity index is 2.51. The summed E-state index contributed by atoms with van der Waals surface area (Å²) in [5, 5.41) is 2.96. The third-order valence-electron chi connectivity index (χ3n) is 3.24. The van der Waals surface area contributed by atoms with E-state index >= 15 is 0 Å². The van der Waals surface area contributed by atoms with Crippen molar-refractivity contribution in [2.24, 2.45) is 5.73 Å². The molecule has 0 aromatic heterocycles. The standard InChI is InChI=1S/C13H18N2O/c1-3-9-6-10(4-5-14)12-11(7-9)8(2)13(16)15-12/h6-8H,3-5,14H2,1-2H3,(H,15,16). The van der Waals surface area contributed by atoms with Crippen molar-refractivity contribution in [2.75, 3.05) is 11.9 Å². The van der Waals surface area contributed by atoms with Crippen LogP contribution in [0.5, 0.6) is 0 Å². The molecule has 1 aromatic carbocycles. The van der Waals surface area contributed by atoms with Gasteiger partial charge < -0.3 is 11.1 Å². The highest BCUT2D eigenvalue weighted by molar-refractivity contribution is 6.03. The fourth-order valence-corrected chi connectivity index (χ4v) is 2.22. The van der Waals surface area contributed by atoms with Crippen molar-refractivity contribution in [1.29, 1.82) is 0 Å². The first-order valence-corrected chi connectivity index (χ1v) is 5.84. The van der Waals surface area contributed by atoms with Gasteiger partial charge in [-0.15, -0.1) is 0 Å². The third kappa shape index (κ3) is 1.71. The first kappa shape index (κ1) is 11.1. The summed E-state index contributed by atoms with van der Waals surface area (Å²) in [6, 6.07) is 4.29. The lowest BCUT2D eigenvalue weighted by Crippen LogP contribution is -2.09. The first-order chi connectivity index (χ1) is 7.67. The van der Waals surface area contributed by atoms with E-state index in [1.54, 1.807) is 0 Å². The van der Waals surface area contributed by atoms with E-state index in [0.717, 1.165) is 24.1 Å². The van der Waals surface area contributed by atoms with Crippen molar-refractivity contribution in [3.8, 4) is 0 Å². The second-order valence-corrected chi connectivity index (χ2v) is 4.32. The summed E-state index contributed by atoms with van der Waals surface area (Å²) in [6.07, 6.45) is 1.81. The highest BCUT2D eigenvalue weighted by atomic mass is 16.2. The van der Waals surface area contributed by atoms with E-state index < -0.39 is 0 Å². The van der Waals surface area contributed by atoms with Crippen LogP contribution >= 0.6 is 0 Å². The topological polar surface area (TPSA) is 55.1 Å². The molecule has 3 heteroatoms. The van der Waals surface area contributed by atoms with Gasteiger partial charge in [-0.2, -0.15) is 0 Å². The predicted molar refractivity (Wildman–Crippen MR) is 65.6 cm³/mol. The van der Waals surface area contributed by atoms with Gasteiger partial charge in [0.25, 0.3) is 0 Å². The molecule has 1 aliphatic heterocycles. The van der Waals surface area contributed by atoms with Gasteiger partial charge in [-0.3, -0.25) is 4.79 Å². The number of nitrogens with two attached hydrogens (primary N) is 1. The van der Waals surface area contributed by atoms with Crippen molar-refractivity contribution in [2.45, 2.75) is 32.6 Å². The zero-order valence-corrected chi connectivity index (χ0v) is 9.84. The Bertz CT molecular complexity index is 426. The van der Waals surface area contributed by atoms with Crippen LogP contribution in [0.2, 0.25) is 0 Å². The number of amides is 1. The molecule has 3 N–H and O–H groups in total. The molecule has 0 saturated carbocycles. The smallest absolute Gasteiger partial charge is 0.231 e. The average molecular weight is 218 g/mol. The van der Waals surface area contributed by atoms with Crippen LogP contribution in [0, 0.1) is 0 Å². The summed E-state index contributed by atoms with van der Waals surface area (Å²) >= 11 is 0. The number of hydrogen-bond acceptors (Lipinski definition) is 2. The molecule has 1 heterocycles. The number of nitrogens with one attached hydrogen (secondary N) is 1. The second-order valence-electron chi connectivity index (χ2n) is 4.32. The molecular weight excluding hydrogens is 200 g/mol. The second kappa shape index (κ2) is 4.26. The van der Waals surface area contributed by atoms with Crippen LogP contribution in [0.25, 0.3) is 0 Å². The Kier molecular flexibility index (Phi) is 2.97. The van der Waals surface area contributed by atoms with E-state index in [2.05, 4.69) is 24.4 Å². The Morgan fingerprint density at radius 1 is 1.44 bits per heavy atom. The Morgan fingerprint density at radius 2 is 2.19 bits per heavy atom. The lowest BCUT2D eigenvalue weighted by atomic mass is 9.95. The van der Waals surface area contributed by atoms with E-state index in [-0.39, 0.29) is 11.8 Å². The minimum Gasteiger partial charge on any atom is -0.330 e. The summed E-state index contributed by atoms with van der Waals surface area (Å²) in [4.78, 5) is 11.6. The molecule has 16 heavy (non-hydrogen) atoms. The maximum absolute atomic E-state index is 11.6. The lowest BCUT2D eigenvalue weighted by Gasteiger charge is -2.10. The van der Waals surface area contributed by atoms with Crippen LogP contribution in [0.15, 0.2) is 12.1 Å². The SMILES string of the molecule is CCc1cc(CCN)c2c(c1)C(C)C(=O)N2. The monoisotopic (exact) mass is 218 g/mol. The number of rotatable bonds is 3. The number of carbonyl (C=O) groups is 1. The predicted octanol–water partition coefficient (Wildman–Crippen LogP) is 1.81. The molecule has 1 aliphatic rings. The van der Waals surface area contributed by atoms with Gasteiger partial charge in [0, 0.05) is 5.69 Å². The molecule has 1 aromatic rings. The minimum absolute atomic E-state index is 0.0296. The molecule has 1 atom stereocenters. The number of carbonyl (C=O) groups excluding carboxylic acids is 1. The molecule has 1 unspecified atom stereocenters. The maximum atomic E-state index is 11.6. The lowest BCUT2D eigenvalue weighted by molar-refractivity contribution is -0.116. The number of hydrogen-bond donors (Lipinski definition) is 2. The molecule has 0 radical (unpaired) electrons. The van der Waals surface area contributed by atoms with Crippen LogP contribution in [0.3, 0.4) is 0 Å². The van der Waals surface area contributed by atoms with Gasteiger partial charge in [0.05, 0.1) is 5.92 Å². The molecule has 2 rings (SSSR count). The number of anilines is 1. The van der Waals surface area contributed by atoms with Crippen molar-refractivity contribution in [1.82, 2.24) is 0 Å². The highest BCUT2D eigenvalue weighted by Gasteiger charge is 2.28. The van der Waals surface area contributed by atoms with Gasteiger partial charge in [-0.25, -0.2) is 0 Å². The van der Waals surface area contributed by atoms with Crippen molar-refractivity contribution in [3.63, 3.8) is 0 Å². The van der Waals surface area contributed by atoms with Crippen LogP contribution in [-0.4, -0.2) is 12.5 Å². The Labute approximate surface area is 96.0 Å². The zero-order valence-electron chi connectivity index (χ0n) is 9.84. The van der Waals surface area contributed by atoms with Gasteiger partial charge >= 0.3 is 0 Å². The first-order valence-electron chi connectivity index (χ1n) is 5.84. The zero-order chi connectivity index (χ0) is 11.7.